The molecule has 0 heterocycles. The second-order valence-corrected chi connectivity index (χ2v) is 5.82. The normalized spacial score (nSPS) is 14.7. The van der Waals surface area contributed by atoms with E-state index in [0.29, 0.717) is 12.5 Å². The third-order valence-electron chi connectivity index (χ3n) is 3.61. The van der Waals surface area contributed by atoms with Gasteiger partial charge in [0.2, 0.25) is 5.91 Å². The van der Waals surface area contributed by atoms with Crippen LogP contribution in [0.25, 0.3) is 0 Å². The average Bonchev–Trinajstić information content (AvgIpc) is 3.15. The van der Waals surface area contributed by atoms with Crippen molar-refractivity contribution in [3.05, 3.63) is 29.3 Å². The number of hydrogen-bond acceptors (Lipinski definition) is 2. The summed E-state index contributed by atoms with van der Waals surface area (Å²) in [5, 5.41) is 6.28. The van der Waals surface area contributed by atoms with Gasteiger partial charge < -0.3 is 10.6 Å². The summed E-state index contributed by atoms with van der Waals surface area (Å²) in [7, 11) is 0. The summed E-state index contributed by atoms with van der Waals surface area (Å²) in [6.45, 7) is 7.71. The lowest BCUT2D eigenvalue weighted by Crippen LogP contribution is -2.30. The topological polar surface area (TPSA) is 41.1 Å². The lowest BCUT2D eigenvalue weighted by Gasteiger charge is -2.16. The predicted molar refractivity (Wildman–Crippen MR) is 79.5 cm³/mol. The van der Waals surface area contributed by atoms with Crippen LogP contribution in [-0.4, -0.2) is 19.0 Å². The monoisotopic (exact) mass is 260 g/mol. The molecule has 19 heavy (non-hydrogen) atoms. The first-order chi connectivity index (χ1) is 9.08. The highest BCUT2D eigenvalue weighted by Crippen LogP contribution is 2.28. The minimum absolute atomic E-state index is 0.0526. The van der Waals surface area contributed by atoms with Crippen LogP contribution in [0.4, 0.5) is 5.69 Å². The number of carbonyl (C=O) groups is 1. The molecule has 0 bridgehead atoms. The summed E-state index contributed by atoms with van der Waals surface area (Å²) in [5.41, 5.74) is 3.31. The highest BCUT2D eigenvalue weighted by atomic mass is 16.1. The highest BCUT2D eigenvalue weighted by Gasteiger charge is 2.20. The summed E-state index contributed by atoms with van der Waals surface area (Å²) in [6, 6.07) is 6.18. The Kier molecular flexibility index (Phi) is 4.59. The van der Waals surface area contributed by atoms with E-state index in [0.717, 1.165) is 23.7 Å². The Balaban J connectivity index is 1.94. The van der Waals surface area contributed by atoms with Crippen molar-refractivity contribution in [3.63, 3.8) is 0 Å². The molecule has 1 amide bonds. The second kappa shape index (κ2) is 6.20. The fourth-order valence-corrected chi connectivity index (χ4v) is 2.24. The van der Waals surface area contributed by atoms with Crippen LogP contribution < -0.4 is 10.6 Å². The molecule has 3 nitrogen and oxygen atoms in total. The van der Waals surface area contributed by atoms with Crippen molar-refractivity contribution in [3.8, 4) is 0 Å². The Morgan fingerprint density at radius 2 is 2.11 bits per heavy atom. The summed E-state index contributed by atoms with van der Waals surface area (Å²) in [5.74, 6) is 1.27. The molecule has 1 fully saturated rings. The number of benzene rings is 1. The van der Waals surface area contributed by atoms with Crippen LogP contribution in [0.1, 0.15) is 43.7 Å². The largest absolute Gasteiger partial charge is 0.324 e. The number of anilines is 1. The molecular formula is C16H24N2O. The Morgan fingerprint density at radius 1 is 1.37 bits per heavy atom. The second-order valence-electron chi connectivity index (χ2n) is 5.82. The molecule has 0 aromatic heterocycles. The molecule has 1 aliphatic carbocycles. The van der Waals surface area contributed by atoms with Gasteiger partial charge in [-0.15, -0.1) is 0 Å². The molecule has 104 valence electrons. The lowest BCUT2D eigenvalue weighted by atomic mass is 9.98. The minimum atomic E-state index is 0.0526. The van der Waals surface area contributed by atoms with Crippen molar-refractivity contribution in [2.75, 3.05) is 18.4 Å². The van der Waals surface area contributed by atoms with Gasteiger partial charge in [0.15, 0.2) is 0 Å². The van der Waals surface area contributed by atoms with Crippen molar-refractivity contribution < 1.29 is 4.79 Å². The van der Waals surface area contributed by atoms with Crippen LogP contribution in [0, 0.1) is 12.8 Å². The van der Waals surface area contributed by atoms with Gasteiger partial charge in [-0.3, -0.25) is 4.79 Å². The van der Waals surface area contributed by atoms with Gasteiger partial charge in [0.25, 0.3) is 0 Å². The maximum Gasteiger partial charge on any atom is 0.238 e. The molecule has 3 heteroatoms. The van der Waals surface area contributed by atoms with Gasteiger partial charge in [-0.05, 0) is 49.3 Å². The number of amides is 1. The quantitative estimate of drug-likeness (QED) is 0.825. The van der Waals surface area contributed by atoms with E-state index in [1.54, 1.807) is 0 Å². The number of rotatable bonds is 6. The van der Waals surface area contributed by atoms with E-state index in [-0.39, 0.29) is 5.91 Å². The molecule has 0 aliphatic heterocycles. The van der Waals surface area contributed by atoms with Crippen molar-refractivity contribution in [1.82, 2.24) is 5.32 Å². The first kappa shape index (κ1) is 14.1. The van der Waals surface area contributed by atoms with E-state index in [4.69, 9.17) is 0 Å². The Labute approximate surface area is 115 Å². The molecule has 0 spiro atoms. The van der Waals surface area contributed by atoms with Crippen molar-refractivity contribution in [1.29, 1.82) is 0 Å². The van der Waals surface area contributed by atoms with E-state index in [9.17, 15) is 4.79 Å². The molecule has 1 saturated carbocycles. The van der Waals surface area contributed by atoms with Crippen LogP contribution in [-0.2, 0) is 4.79 Å². The molecule has 2 N–H and O–H groups in total. The number of nitrogens with one attached hydrogen (secondary N) is 2. The number of hydrogen-bond donors (Lipinski definition) is 2. The van der Waals surface area contributed by atoms with Gasteiger partial charge in [-0.2, -0.15) is 0 Å². The number of carbonyl (C=O) groups excluding carboxylic acids is 1. The average molecular weight is 260 g/mol. The van der Waals surface area contributed by atoms with Gasteiger partial charge in [-0.25, -0.2) is 0 Å². The third kappa shape index (κ3) is 4.06. The summed E-state index contributed by atoms with van der Waals surface area (Å²) < 4.78 is 0. The molecule has 0 radical (unpaired) electrons. The standard InChI is InChI=1S/C16H24N2O/c1-11(2)14-6-4-5-12(3)16(14)18-15(19)10-17-9-13-7-8-13/h4-6,11,13,17H,7-10H2,1-3H3,(H,18,19). The third-order valence-corrected chi connectivity index (χ3v) is 3.61. The lowest BCUT2D eigenvalue weighted by molar-refractivity contribution is -0.115. The molecule has 1 aliphatic rings. The van der Waals surface area contributed by atoms with E-state index in [2.05, 4.69) is 30.5 Å². The Morgan fingerprint density at radius 3 is 2.74 bits per heavy atom. The molecule has 0 saturated heterocycles. The first-order valence-corrected chi connectivity index (χ1v) is 7.18. The molecule has 2 rings (SSSR count). The number of para-hydroxylation sites is 1. The number of aryl methyl sites for hydroxylation is 1. The van der Waals surface area contributed by atoms with Gasteiger partial charge in [0.05, 0.1) is 6.54 Å². The molecule has 1 aromatic carbocycles. The summed E-state index contributed by atoms with van der Waals surface area (Å²) in [6.07, 6.45) is 2.62. The van der Waals surface area contributed by atoms with Gasteiger partial charge >= 0.3 is 0 Å². The maximum atomic E-state index is 12.0. The molecule has 0 unspecified atom stereocenters. The van der Waals surface area contributed by atoms with Crippen LogP contribution >= 0.6 is 0 Å². The zero-order valence-electron chi connectivity index (χ0n) is 12.1. The van der Waals surface area contributed by atoms with Gasteiger partial charge in [0, 0.05) is 5.69 Å². The first-order valence-electron chi connectivity index (χ1n) is 7.18. The predicted octanol–water partition coefficient (Wildman–Crippen LogP) is 3.06. The van der Waals surface area contributed by atoms with Crippen molar-refractivity contribution in [2.24, 2.45) is 5.92 Å². The molecule has 1 aromatic rings. The van der Waals surface area contributed by atoms with E-state index in [1.807, 2.05) is 19.1 Å². The zero-order valence-corrected chi connectivity index (χ0v) is 12.1. The zero-order chi connectivity index (χ0) is 13.8. The highest BCUT2D eigenvalue weighted by molar-refractivity contribution is 5.93. The SMILES string of the molecule is Cc1cccc(C(C)C)c1NC(=O)CNCC1CC1. The summed E-state index contributed by atoms with van der Waals surface area (Å²) in [4.78, 5) is 12.0. The van der Waals surface area contributed by atoms with Crippen molar-refractivity contribution >= 4 is 11.6 Å². The Hall–Kier alpha value is -1.35. The smallest absolute Gasteiger partial charge is 0.238 e. The maximum absolute atomic E-state index is 12.0. The Bertz CT molecular complexity index is 450. The van der Waals surface area contributed by atoms with Crippen LogP contribution in [0.15, 0.2) is 18.2 Å². The minimum Gasteiger partial charge on any atom is -0.324 e. The van der Waals surface area contributed by atoms with Crippen LogP contribution in [0.3, 0.4) is 0 Å². The van der Waals surface area contributed by atoms with Gasteiger partial charge in [0.1, 0.15) is 0 Å². The van der Waals surface area contributed by atoms with Crippen molar-refractivity contribution in [2.45, 2.75) is 39.5 Å². The summed E-state index contributed by atoms with van der Waals surface area (Å²) >= 11 is 0. The fourth-order valence-electron chi connectivity index (χ4n) is 2.24. The molecule has 0 atom stereocenters. The van der Waals surface area contributed by atoms with Crippen LogP contribution in [0.2, 0.25) is 0 Å². The molecular weight excluding hydrogens is 236 g/mol. The van der Waals surface area contributed by atoms with E-state index >= 15 is 0 Å². The van der Waals surface area contributed by atoms with E-state index in [1.165, 1.54) is 18.4 Å². The van der Waals surface area contributed by atoms with Gasteiger partial charge in [-0.1, -0.05) is 32.0 Å². The fraction of sp³-hybridized carbons (Fsp3) is 0.562. The van der Waals surface area contributed by atoms with E-state index < -0.39 is 0 Å². The van der Waals surface area contributed by atoms with Crippen LogP contribution in [0.5, 0.6) is 0 Å².